The van der Waals surface area contributed by atoms with Crippen molar-refractivity contribution in [3.8, 4) is 6.07 Å². The number of hydrogen-bond acceptors (Lipinski definition) is 4. The van der Waals surface area contributed by atoms with Crippen LogP contribution < -0.4 is 10.6 Å². The van der Waals surface area contributed by atoms with Gasteiger partial charge in [0.25, 0.3) is 0 Å². The Morgan fingerprint density at radius 2 is 2.38 bits per heavy atom. The van der Waals surface area contributed by atoms with Gasteiger partial charge < -0.3 is 20.3 Å². The molecule has 1 aromatic carbocycles. The normalized spacial score (nSPS) is 17.5. The molecule has 0 unspecified atom stereocenters. The molecule has 1 heterocycles. The van der Waals surface area contributed by atoms with Crippen molar-refractivity contribution < 1.29 is 13.9 Å². The lowest BCUT2D eigenvalue weighted by molar-refractivity contribution is 0.178. The van der Waals surface area contributed by atoms with Gasteiger partial charge in [-0.15, -0.1) is 0 Å². The third-order valence-corrected chi connectivity index (χ3v) is 4.09. The van der Waals surface area contributed by atoms with E-state index in [-0.39, 0.29) is 11.3 Å². The molecule has 0 radical (unpaired) electrons. The molecule has 2 amide bonds. The van der Waals surface area contributed by atoms with Crippen LogP contribution in [-0.4, -0.2) is 50.8 Å². The summed E-state index contributed by atoms with van der Waals surface area (Å²) in [6, 6.07) is 5.38. The Kier molecular flexibility index (Phi) is 6.97. The van der Waals surface area contributed by atoms with Crippen LogP contribution >= 0.6 is 0 Å². The molecule has 0 spiro atoms. The van der Waals surface area contributed by atoms with Gasteiger partial charge in [-0.1, -0.05) is 0 Å². The first-order valence-corrected chi connectivity index (χ1v) is 8.08. The summed E-state index contributed by atoms with van der Waals surface area (Å²) >= 11 is 0. The SMILES string of the molecule is COCCCN1CC[C@H](CNC(=O)Nc2ccc(C#N)cc2F)C1. The highest BCUT2D eigenvalue weighted by Gasteiger charge is 2.22. The Morgan fingerprint density at radius 1 is 1.54 bits per heavy atom. The van der Waals surface area contributed by atoms with Crippen LogP contribution in [0.2, 0.25) is 0 Å². The number of ether oxygens (including phenoxy) is 1. The van der Waals surface area contributed by atoms with E-state index >= 15 is 0 Å². The minimum Gasteiger partial charge on any atom is -0.385 e. The lowest BCUT2D eigenvalue weighted by atomic mass is 10.1. The van der Waals surface area contributed by atoms with Crippen LogP contribution in [0.5, 0.6) is 0 Å². The molecular weight excluding hydrogens is 311 g/mol. The van der Waals surface area contributed by atoms with Crippen molar-refractivity contribution in [3.05, 3.63) is 29.6 Å². The first-order valence-electron chi connectivity index (χ1n) is 8.08. The Labute approximate surface area is 141 Å². The van der Waals surface area contributed by atoms with E-state index in [1.807, 2.05) is 6.07 Å². The lowest BCUT2D eigenvalue weighted by Gasteiger charge is -2.16. The van der Waals surface area contributed by atoms with Gasteiger partial charge in [-0.25, -0.2) is 9.18 Å². The fourth-order valence-electron chi connectivity index (χ4n) is 2.80. The number of carbonyl (C=O) groups is 1. The summed E-state index contributed by atoms with van der Waals surface area (Å²) in [5.41, 5.74) is 0.289. The molecule has 1 saturated heterocycles. The Balaban J connectivity index is 1.71. The van der Waals surface area contributed by atoms with Gasteiger partial charge >= 0.3 is 6.03 Å². The number of halogens is 1. The number of amides is 2. The molecule has 7 heteroatoms. The Hall–Kier alpha value is -2.17. The molecule has 2 N–H and O–H groups in total. The van der Waals surface area contributed by atoms with Crippen LogP contribution in [0.25, 0.3) is 0 Å². The average Bonchev–Trinajstić information content (AvgIpc) is 3.03. The maximum Gasteiger partial charge on any atom is 0.319 e. The zero-order valence-corrected chi connectivity index (χ0v) is 13.8. The van der Waals surface area contributed by atoms with Gasteiger partial charge in [-0.05, 0) is 43.5 Å². The third-order valence-electron chi connectivity index (χ3n) is 4.09. The second kappa shape index (κ2) is 9.21. The van der Waals surface area contributed by atoms with Crippen LogP contribution in [0.3, 0.4) is 0 Å². The number of urea groups is 1. The maximum absolute atomic E-state index is 13.7. The molecule has 24 heavy (non-hydrogen) atoms. The smallest absolute Gasteiger partial charge is 0.319 e. The molecular formula is C17H23FN4O2. The topological polar surface area (TPSA) is 77.4 Å². The molecule has 130 valence electrons. The number of hydrogen-bond donors (Lipinski definition) is 2. The van der Waals surface area contributed by atoms with E-state index < -0.39 is 11.8 Å². The van der Waals surface area contributed by atoms with Gasteiger partial charge in [0.2, 0.25) is 0 Å². The van der Waals surface area contributed by atoms with Gasteiger partial charge in [0.15, 0.2) is 0 Å². The van der Waals surface area contributed by atoms with Crippen LogP contribution in [0.1, 0.15) is 18.4 Å². The molecule has 1 fully saturated rings. The lowest BCUT2D eigenvalue weighted by Crippen LogP contribution is -2.34. The number of carbonyl (C=O) groups excluding carboxylic acids is 1. The number of methoxy groups -OCH3 is 1. The Bertz CT molecular complexity index is 603. The molecule has 0 bridgehead atoms. The molecule has 0 aliphatic carbocycles. The Morgan fingerprint density at radius 3 is 3.08 bits per heavy atom. The second-order valence-electron chi connectivity index (χ2n) is 5.94. The molecule has 1 aromatic rings. The summed E-state index contributed by atoms with van der Waals surface area (Å²) in [5, 5.41) is 14.0. The number of likely N-dealkylation sites (tertiary alicyclic amines) is 1. The van der Waals surface area contributed by atoms with Crippen molar-refractivity contribution in [2.75, 3.05) is 45.2 Å². The number of nitrogens with zero attached hydrogens (tertiary/aromatic N) is 2. The molecule has 1 aliphatic rings. The molecule has 6 nitrogen and oxygen atoms in total. The van der Waals surface area contributed by atoms with Gasteiger partial charge in [0.1, 0.15) is 5.82 Å². The van der Waals surface area contributed by atoms with E-state index in [0.717, 1.165) is 45.1 Å². The van der Waals surface area contributed by atoms with Crippen molar-refractivity contribution in [1.82, 2.24) is 10.2 Å². The van der Waals surface area contributed by atoms with Gasteiger partial charge in [0, 0.05) is 33.4 Å². The average molecular weight is 334 g/mol. The summed E-state index contributed by atoms with van der Waals surface area (Å²) in [7, 11) is 1.70. The number of anilines is 1. The zero-order valence-electron chi connectivity index (χ0n) is 13.8. The van der Waals surface area contributed by atoms with Gasteiger partial charge in [0.05, 0.1) is 17.3 Å². The predicted molar refractivity (Wildman–Crippen MR) is 89.2 cm³/mol. The summed E-state index contributed by atoms with van der Waals surface area (Å²) in [6.07, 6.45) is 2.05. The highest BCUT2D eigenvalue weighted by Crippen LogP contribution is 2.17. The van der Waals surface area contributed by atoms with Crippen molar-refractivity contribution in [1.29, 1.82) is 5.26 Å². The molecule has 1 atom stereocenters. The highest BCUT2D eigenvalue weighted by atomic mass is 19.1. The van der Waals surface area contributed by atoms with E-state index in [1.165, 1.54) is 12.1 Å². The molecule has 0 aromatic heterocycles. The largest absolute Gasteiger partial charge is 0.385 e. The van der Waals surface area contributed by atoms with E-state index in [4.69, 9.17) is 10.00 Å². The summed E-state index contributed by atoms with van der Waals surface area (Å²) in [4.78, 5) is 14.2. The first kappa shape index (κ1) is 18.2. The molecule has 2 rings (SSSR count). The van der Waals surface area contributed by atoms with Crippen molar-refractivity contribution in [3.63, 3.8) is 0 Å². The first-order chi connectivity index (χ1) is 11.6. The van der Waals surface area contributed by atoms with Gasteiger partial charge in [-0.2, -0.15) is 5.26 Å². The van der Waals surface area contributed by atoms with E-state index in [0.29, 0.717) is 12.5 Å². The summed E-state index contributed by atoms with van der Waals surface area (Å²) < 4.78 is 18.8. The number of rotatable bonds is 7. The fourth-order valence-corrected chi connectivity index (χ4v) is 2.80. The van der Waals surface area contributed by atoms with Crippen molar-refractivity contribution in [2.45, 2.75) is 12.8 Å². The molecule has 1 aliphatic heterocycles. The zero-order chi connectivity index (χ0) is 17.4. The number of benzene rings is 1. The molecule has 0 saturated carbocycles. The standard InChI is InChI=1S/C17H23FN4O2/c1-24-8-2-6-22-7-5-14(12-22)11-20-17(23)21-16-4-3-13(10-19)9-15(16)18/h3-4,9,14H,2,5-8,11-12H2,1H3,(H2,20,21,23)/t14-/m1/s1. The summed E-state index contributed by atoms with van der Waals surface area (Å²) in [5.74, 6) is -0.210. The van der Waals surface area contributed by atoms with Crippen LogP contribution in [-0.2, 0) is 4.74 Å². The van der Waals surface area contributed by atoms with Crippen LogP contribution in [0.15, 0.2) is 18.2 Å². The number of nitriles is 1. The monoisotopic (exact) mass is 334 g/mol. The van der Waals surface area contributed by atoms with Crippen LogP contribution in [0.4, 0.5) is 14.9 Å². The maximum atomic E-state index is 13.7. The number of nitrogens with one attached hydrogen (secondary N) is 2. The quantitative estimate of drug-likeness (QED) is 0.749. The highest BCUT2D eigenvalue weighted by molar-refractivity contribution is 5.89. The summed E-state index contributed by atoms with van der Waals surface area (Å²) in [6.45, 7) is 4.31. The van der Waals surface area contributed by atoms with E-state index in [9.17, 15) is 9.18 Å². The third kappa shape index (κ3) is 5.48. The predicted octanol–water partition coefficient (Wildman–Crippen LogP) is 2.18. The minimum absolute atomic E-state index is 0.0686. The fraction of sp³-hybridized carbons (Fsp3) is 0.529. The van der Waals surface area contributed by atoms with Crippen molar-refractivity contribution in [2.24, 2.45) is 5.92 Å². The second-order valence-corrected chi connectivity index (χ2v) is 5.94. The minimum atomic E-state index is -0.616. The van der Waals surface area contributed by atoms with E-state index in [2.05, 4.69) is 15.5 Å². The van der Waals surface area contributed by atoms with Gasteiger partial charge in [-0.3, -0.25) is 0 Å². The van der Waals surface area contributed by atoms with Crippen molar-refractivity contribution >= 4 is 11.7 Å². The van der Waals surface area contributed by atoms with E-state index in [1.54, 1.807) is 7.11 Å². The van der Waals surface area contributed by atoms with Crippen LogP contribution in [0, 0.1) is 23.1 Å².